The van der Waals surface area contributed by atoms with E-state index in [0.29, 0.717) is 11.3 Å². The Balaban J connectivity index is 1.65. The van der Waals surface area contributed by atoms with Gasteiger partial charge >= 0.3 is 0 Å². The molecule has 0 saturated heterocycles. The van der Waals surface area contributed by atoms with Crippen molar-refractivity contribution in [1.82, 2.24) is 0 Å². The van der Waals surface area contributed by atoms with Crippen LogP contribution in [-0.2, 0) is 0 Å². The van der Waals surface area contributed by atoms with Gasteiger partial charge in [0.2, 0.25) is 0 Å². The van der Waals surface area contributed by atoms with Crippen LogP contribution in [0.5, 0.6) is 0 Å². The fourth-order valence-corrected chi connectivity index (χ4v) is 8.03. The molecule has 0 spiro atoms. The molecule has 2 heteroatoms. The molecule has 0 amide bonds. The molecule has 4 aliphatic carbocycles. The predicted octanol–water partition coefficient (Wildman–Crippen LogP) is 4.53. The van der Waals surface area contributed by atoms with Gasteiger partial charge in [-0.15, -0.1) is 0 Å². The summed E-state index contributed by atoms with van der Waals surface area (Å²) in [5.74, 6) is 3.25. The molecule has 4 saturated carbocycles. The number of hydrogen-bond donors (Lipinski definition) is 2. The van der Waals surface area contributed by atoms with Crippen LogP contribution in [0.15, 0.2) is 0 Å². The third-order valence-electron chi connectivity index (χ3n) is 9.49. The zero-order valence-electron chi connectivity index (χ0n) is 15.4. The Labute approximate surface area is 142 Å². The summed E-state index contributed by atoms with van der Waals surface area (Å²) in [6.07, 6.45) is 12.3. The Hall–Kier alpha value is -0.0800. The Morgan fingerprint density at radius 3 is 2.35 bits per heavy atom. The van der Waals surface area contributed by atoms with Gasteiger partial charge in [-0.25, -0.2) is 0 Å². The van der Waals surface area contributed by atoms with Gasteiger partial charge in [0.25, 0.3) is 0 Å². The molecule has 0 aliphatic heterocycles. The van der Waals surface area contributed by atoms with E-state index in [9.17, 15) is 10.2 Å². The second-order valence-corrected chi connectivity index (χ2v) is 10.00. The van der Waals surface area contributed by atoms with Crippen LogP contribution >= 0.6 is 0 Å². The summed E-state index contributed by atoms with van der Waals surface area (Å²) in [4.78, 5) is 0. The second-order valence-electron chi connectivity index (χ2n) is 10.00. The smallest absolute Gasteiger partial charge is 0.0958 e. The topological polar surface area (TPSA) is 40.5 Å². The van der Waals surface area contributed by atoms with Gasteiger partial charge in [0.05, 0.1) is 11.7 Å². The van der Waals surface area contributed by atoms with Gasteiger partial charge in [0.1, 0.15) is 0 Å². The quantitative estimate of drug-likeness (QED) is 0.745. The van der Waals surface area contributed by atoms with Crippen molar-refractivity contribution >= 4 is 0 Å². The van der Waals surface area contributed by atoms with Crippen LogP contribution in [-0.4, -0.2) is 21.9 Å². The van der Waals surface area contributed by atoms with Crippen molar-refractivity contribution in [3.05, 3.63) is 0 Å². The van der Waals surface area contributed by atoms with Gasteiger partial charge < -0.3 is 10.2 Å². The minimum atomic E-state index is -0.854. The lowest BCUT2D eigenvalue weighted by atomic mass is 9.44. The molecule has 2 nitrogen and oxygen atoms in total. The molecular formula is C21H36O2. The summed E-state index contributed by atoms with van der Waals surface area (Å²) in [6, 6.07) is 0. The van der Waals surface area contributed by atoms with E-state index in [1.807, 2.05) is 0 Å². The van der Waals surface area contributed by atoms with Crippen LogP contribution in [0.25, 0.3) is 0 Å². The summed E-state index contributed by atoms with van der Waals surface area (Å²) in [5.41, 5.74) is -0.360. The lowest BCUT2D eigenvalue weighted by Gasteiger charge is -2.61. The maximum Gasteiger partial charge on any atom is 0.0958 e. The average molecular weight is 321 g/mol. The van der Waals surface area contributed by atoms with E-state index in [0.717, 1.165) is 37.0 Å². The predicted molar refractivity (Wildman–Crippen MR) is 93.0 cm³/mol. The van der Waals surface area contributed by atoms with E-state index in [1.54, 1.807) is 6.92 Å². The summed E-state index contributed by atoms with van der Waals surface area (Å²) >= 11 is 0. The van der Waals surface area contributed by atoms with Gasteiger partial charge in [-0.05, 0) is 87.4 Å². The van der Waals surface area contributed by atoms with Gasteiger partial charge in [0, 0.05) is 5.41 Å². The fourth-order valence-electron chi connectivity index (χ4n) is 8.03. The van der Waals surface area contributed by atoms with Crippen LogP contribution in [0, 0.1) is 34.5 Å². The molecule has 0 radical (unpaired) electrons. The van der Waals surface area contributed by atoms with Crippen LogP contribution in [0.4, 0.5) is 0 Å². The van der Waals surface area contributed by atoms with Crippen molar-refractivity contribution in [3.8, 4) is 0 Å². The van der Waals surface area contributed by atoms with Crippen molar-refractivity contribution < 1.29 is 10.2 Å². The number of aliphatic hydroxyl groups excluding tert-OH is 1. The Morgan fingerprint density at radius 2 is 1.61 bits per heavy atom. The van der Waals surface area contributed by atoms with E-state index in [1.165, 1.54) is 44.9 Å². The molecule has 8 atom stereocenters. The summed E-state index contributed by atoms with van der Waals surface area (Å²) < 4.78 is 0. The zero-order valence-corrected chi connectivity index (χ0v) is 15.4. The summed E-state index contributed by atoms with van der Waals surface area (Å²) in [7, 11) is 0. The summed E-state index contributed by atoms with van der Waals surface area (Å²) in [5, 5.41) is 21.6. The third-order valence-corrected chi connectivity index (χ3v) is 9.49. The van der Waals surface area contributed by atoms with Crippen molar-refractivity contribution in [3.63, 3.8) is 0 Å². The Bertz CT molecular complexity index is 474. The van der Waals surface area contributed by atoms with Crippen molar-refractivity contribution in [2.45, 2.75) is 96.7 Å². The molecule has 132 valence electrons. The minimum absolute atomic E-state index is 0.0692. The summed E-state index contributed by atoms with van der Waals surface area (Å²) in [6.45, 7) is 6.70. The van der Waals surface area contributed by atoms with E-state index in [-0.39, 0.29) is 5.41 Å². The van der Waals surface area contributed by atoms with Gasteiger partial charge in [-0.2, -0.15) is 0 Å². The Morgan fingerprint density at radius 1 is 0.870 bits per heavy atom. The molecular weight excluding hydrogens is 284 g/mol. The van der Waals surface area contributed by atoms with Gasteiger partial charge in [-0.1, -0.05) is 26.7 Å². The lowest BCUT2D eigenvalue weighted by molar-refractivity contribution is -0.183. The van der Waals surface area contributed by atoms with E-state index >= 15 is 0 Å². The SMILES string of the molecule is C[C@@H](O)[C@@]1(O)CCC2C3CC[C@H]4CCCC[C@]4(C)C3CC[C@@]21C. The van der Waals surface area contributed by atoms with Crippen molar-refractivity contribution in [2.75, 3.05) is 0 Å². The number of rotatable bonds is 1. The first kappa shape index (κ1) is 16.4. The molecule has 23 heavy (non-hydrogen) atoms. The molecule has 0 aromatic carbocycles. The third kappa shape index (κ3) is 2.00. The molecule has 0 aromatic heterocycles. The fraction of sp³-hybridized carbons (Fsp3) is 1.00. The van der Waals surface area contributed by atoms with Gasteiger partial charge in [0.15, 0.2) is 0 Å². The molecule has 0 aromatic rings. The average Bonchev–Trinajstić information content (AvgIpc) is 2.80. The zero-order chi connectivity index (χ0) is 16.5. The number of hydrogen-bond acceptors (Lipinski definition) is 2. The molecule has 4 fully saturated rings. The first-order valence-corrected chi connectivity index (χ1v) is 10.2. The standard InChI is InChI=1S/C21H36O2/c1-14(22)21(23)13-10-18-16-8-7-15-6-4-5-11-19(15,2)17(16)9-12-20(18,21)3/h14-18,22-23H,4-13H2,1-3H3/t14-,15-,16?,17?,18?,19+,20+,21+/m1/s1. The highest BCUT2D eigenvalue weighted by Gasteiger charge is 2.65. The number of aliphatic hydroxyl groups is 2. The van der Waals surface area contributed by atoms with Gasteiger partial charge in [-0.3, -0.25) is 0 Å². The van der Waals surface area contributed by atoms with E-state index < -0.39 is 11.7 Å². The maximum absolute atomic E-state index is 11.3. The molecule has 4 rings (SSSR count). The van der Waals surface area contributed by atoms with Crippen LogP contribution in [0.2, 0.25) is 0 Å². The normalized spacial score (nSPS) is 57.3. The lowest BCUT2D eigenvalue weighted by Crippen LogP contribution is -2.58. The second kappa shape index (κ2) is 5.21. The van der Waals surface area contributed by atoms with Crippen molar-refractivity contribution in [2.24, 2.45) is 34.5 Å². The highest BCUT2D eigenvalue weighted by atomic mass is 16.3. The molecule has 0 bridgehead atoms. The highest BCUT2D eigenvalue weighted by molar-refractivity contribution is 5.15. The minimum Gasteiger partial charge on any atom is -0.390 e. The molecule has 4 aliphatic rings. The molecule has 0 heterocycles. The van der Waals surface area contributed by atoms with Crippen LogP contribution < -0.4 is 0 Å². The van der Waals surface area contributed by atoms with E-state index in [4.69, 9.17) is 0 Å². The number of fused-ring (bicyclic) bond motifs is 5. The Kier molecular flexibility index (Phi) is 3.71. The highest BCUT2D eigenvalue weighted by Crippen LogP contribution is 2.68. The monoisotopic (exact) mass is 320 g/mol. The van der Waals surface area contributed by atoms with E-state index in [2.05, 4.69) is 13.8 Å². The first-order valence-electron chi connectivity index (χ1n) is 10.2. The van der Waals surface area contributed by atoms with Crippen LogP contribution in [0.3, 0.4) is 0 Å². The maximum atomic E-state index is 11.3. The van der Waals surface area contributed by atoms with Crippen molar-refractivity contribution in [1.29, 1.82) is 0 Å². The first-order chi connectivity index (χ1) is 10.8. The molecule has 3 unspecified atom stereocenters. The van der Waals surface area contributed by atoms with Crippen LogP contribution in [0.1, 0.15) is 85.0 Å². The largest absolute Gasteiger partial charge is 0.390 e. The molecule has 2 N–H and O–H groups in total.